The summed E-state index contributed by atoms with van der Waals surface area (Å²) in [6.07, 6.45) is -0.705. The van der Waals surface area contributed by atoms with Gasteiger partial charge < -0.3 is 20.3 Å². The molecule has 7 nitrogen and oxygen atoms in total. The van der Waals surface area contributed by atoms with Gasteiger partial charge in [0.2, 0.25) is 0 Å². The minimum absolute atomic E-state index is 0.401. The number of amides is 1. The van der Waals surface area contributed by atoms with E-state index in [4.69, 9.17) is 14.9 Å². The van der Waals surface area contributed by atoms with Crippen LogP contribution in [0.3, 0.4) is 0 Å². The highest BCUT2D eigenvalue weighted by molar-refractivity contribution is 9.11. The molecule has 1 amide bonds. The summed E-state index contributed by atoms with van der Waals surface area (Å²) in [4.78, 5) is 32.9. The number of benzene rings is 1. The van der Waals surface area contributed by atoms with E-state index < -0.39 is 36.9 Å². The SMILES string of the molecule is O=C(O)C[C@H](NC(=O)COc1ccc(Br)cc1Br)C(=O)O. The van der Waals surface area contributed by atoms with E-state index in [9.17, 15) is 14.4 Å². The summed E-state index contributed by atoms with van der Waals surface area (Å²) >= 11 is 6.51. The highest BCUT2D eigenvalue weighted by Gasteiger charge is 2.23. The second-order valence-corrected chi connectivity index (χ2v) is 5.69. The first-order valence-electron chi connectivity index (χ1n) is 5.61. The van der Waals surface area contributed by atoms with Crippen molar-refractivity contribution in [2.24, 2.45) is 0 Å². The molecule has 0 fully saturated rings. The minimum atomic E-state index is -1.49. The molecule has 0 heterocycles. The van der Waals surface area contributed by atoms with Crippen molar-refractivity contribution < 1.29 is 29.3 Å². The molecule has 0 bridgehead atoms. The second-order valence-electron chi connectivity index (χ2n) is 3.92. The van der Waals surface area contributed by atoms with Gasteiger partial charge in [0, 0.05) is 4.47 Å². The topological polar surface area (TPSA) is 113 Å². The molecule has 0 aromatic heterocycles. The highest BCUT2D eigenvalue weighted by atomic mass is 79.9. The first-order valence-corrected chi connectivity index (χ1v) is 7.20. The van der Waals surface area contributed by atoms with Gasteiger partial charge in [0.1, 0.15) is 11.8 Å². The molecular formula is C12H11Br2NO6. The van der Waals surface area contributed by atoms with Crippen LogP contribution in [-0.4, -0.2) is 40.7 Å². The van der Waals surface area contributed by atoms with E-state index in [-0.39, 0.29) is 0 Å². The molecule has 21 heavy (non-hydrogen) atoms. The maximum atomic E-state index is 11.6. The van der Waals surface area contributed by atoms with Gasteiger partial charge in [0.05, 0.1) is 10.9 Å². The average Bonchev–Trinajstić information content (AvgIpc) is 2.36. The molecule has 0 aliphatic rings. The Morgan fingerprint density at radius 1 is 1.24 bits per heavy atom. The molecule has 114 valence electrons. The predicted octanol–water partition coefficient (Wildman–Crippen LogP) is 1.63. The van der Waals surface area contributed by atoms with Crippen LogP contribution in [0.15, 0.2) is 27.1 Å². The summed E-state index contributed by atoms with van der Waals surface area (Å²) in [6.45, 7) is -0.427. The van der Waals surface area contributed by atoms with Gasteiger partial charge in [0.15, 0.2) is 6.61 Å². The largest absolute Gasteiger partial charge is 0.483 e. The van der Waals surface area contributed by atoms with Crippen LogP contribution < -0.4 is 10.1 Å². The maximum Gasteiger partial charge on any atom is 0.326 e. The number of hydrogen-bond donors (Lipinski definition) is 3. The minimum Gasteiger partial charge on any atom is -0.483 e. The third-order valence-electron chi connectivity index (χ3n) is 2.26. The van der Waals surface area contributed by atoms with Crippen molar-refractivity contribution in [3.05, 3.63) is 27.1 Å². The Morgan fingerprint density at radius 2 is 1.90 bits per heavy atom. The predicted molar refractivity (Wildman–Crippen MR) is 79.2 cm³/mol. The number of carboxylic acids is 2. The molecule has 1 rings (SSSR count). The molecule has 0 aliphatic heterocycles. The Morgan fingerprint density at radius 3 is 2.43 bits per heavy atom. The molecule has 1 atom stereocenters. The molecule has 0 radical (unpaired) electrons. The van der Waals surface area contributed by atoms with Crippen LogP contribution in [0.25, 0.3) is 0 Å². The third-order valence-corrected chi connectivity index (χ3v) is 3.38. The molecular weight excluding hydrogens is 414 g/mol. The smallest absolute Gasteiger partial charge is 0.326 e. The van der Waals surface area contributed by atoms with Crippen LogP contribution in [0.1, 0.15) is 6.42 Å². The van der Waals surface area contributed by atoms with Crippen molar-refractivity contribution in [3.63, 3.8) is 0 Å². The quantitative estimate of drug-likeness (QED) is 0.613. The van der Waals surface area contributed by atoms with E-state index in [1.54, 1.807) is 18.2 Å². The van der Waals surface area contributed by atoms with Crippen molar-refractivity contribution in [3.8, 4) is 5.75 Å². The first-order chi connectivity index (χ1) is 9.79. The fourth-order valence-electron chi connectivity index (χ4n) is 1.35. The van der Waals surface area contributed by atoms with E-state index in [0.717, 1.165) is 4.47 Å². The monoisotopic (exact) mass is 423 g/mol. The standard InChI is InChI=1S/C12H11Br2NO6/c13-6-1-2-9(7(14)3-6)21-5-10(16)15-8(12(19)20)4-11(17)18/h1-3,8H,4-5H2,(H,15,16)(H,17,18)(H,19,20)/t8-/m0/s1. The van der Waals surface area contributed by atoms with Gasteiger partial charge in [-0.2, -0.15) is 0 Å². The number of hydrogen-bond acceptors (Lipinski definition) is 4. The number of ether oxygens (including phenoxy) is 1. The van der Waals surface area contributed by atoms with Crippen molar-refractivity contribution >= 4 is 49.7 Å². The molecule has 3 N–H and O–H groups in total. The van der Waals surface area contributed by atoms with Gasteiger partial charge in [-0.15, -0.1) is 0 Å². The third kappa shape index (κ3) is 6.13. The lowest BCUT2D eigenvalue weighted by Gasteiger charge is -2.13. The van der Waals surface area contributed by atoms with E-state index in [1.165, 1.54) is 0 Å². The van der Waals surface area contributed by atoms with Gasteiger partial charge in [-0.05, 0) is 34.1 Å². The van der Waals surface area contributed by atoms with E-state index >= 15 is 0 Å². The van der Waals surface area contributed by atoms with E-state index in [2.05, 4.69) is 37.2 Å². The van der Waals surface area contributed by atoms with Gasteiger partial charge in [-0.25, -0.2) is 4.79 Å². The van der Waals surface area contributed by atoms with Gasteiger partial charge in [-0.1, -0.05) is 15.9 Å². The summed E-state index contributed by atoms with van der Waals surface area (Å²) < 4.78 is 6.65. The average molecular weight is 425 g/mol. The molecule has 0 saturated heterocycles. The number of aliphatic carboxylic acids is 2. The summed E-state index contributed by atoms with van der Waals surface area (Å²) in [5.41, 5.74) is 0. The summed E-state index contributed by atoms with van der Waals surface area (Å²) in [5, 5.41) is 19.4. The van der Waals surface area contributed by atoms with Crippen LogP contribution in [0.4, 0.5) is 0 Å². The molecule has 1 aromatic rings. The zero-order valence-corrected chi connectivity index (χ0v) is 13.7. The van der Waals surface area contributed by atoms with Crippen molar-refractivity contribution in [1.82, 2.24) is 5.32 Å². The summed E-state index contributed by atoms with van der Waals surface area (Å²) in [7, 11) is 0. The molecule has 0 saturated carbocycles. The number of rotatable bonds is 7. The number of carbonyl (C=O) groups is 3. The lowest BCUT2D eigenvalue weighted by molar-refractivity contribution is -0.147. The summed E-state index contributed by atoms with van der Waals surface area (Å²) in [6, 6.07) is 3.56. The molecule has 9 heteroatoms. The molecule has 0 spiro atoms. The number of carbonyl (C=O) groups excluding carboxylic acids is 1. The lowest BCUT2D eigenvalue weighted by Crippen LogP contribution is -2.44. The molecule has 1 aromatic carbocycles. The van der Waals surface area contributed by atoms with Gasteiger partial charge >= 0.3 is 11.9 Å². The zero-order chi connectivity index (χ0) is 16.0. The van der Waals surface area contributed by atoms with Gasteiger partial charge in [0.25, 0.3) is 5.91 Å². The fraction of sp³-hybridized carbons (Fsp3) is 0.250. The lowest BCUT2D eigenvalue weighted by atomic mass is 10.2. The van der Waals surface area contributed by atoms with Crippen LogP contribution in [0.2, 0.25) is 0 Å². The Bertz CT molecular complexity index is 563. The normalized spacial score (nSPS) is 11.5. The van der Waals surface area contributed by atoms with Crippen LogP contribution >= 0.6 is 31.9 Å². The van der Waals surface area contributed by atoms with Crippen molar-refractivity contribution in [2.75, 3.05) is 6.61 Å². The number of halogens is 2. The maximum absolute atomic E-state index is 11.6. The Labute approximate surface area is 136 Å². The van der Waals surface area contributed by atoms with Crippen molar-refractivity contribution in [2.45, 2.75) is 12.5 Å². The van der Waals surface area contributed by atoms with Crippen LogP contribution in [0, 0.1) is 0 Å². The Hall–Kier alpha value is -1.61. The Kier molecular flexibility index (Phi) is 6.63. The first kappa shape index (κ1) is 17.4. The van der Waals surface area contributed by atoms with Crippen molar-refractivity contribution in [1.29, 1.82) is 0 Å². The fourth-order valence-corrected chi connectivity index (χ4v) is 2.51. The molecule has 0 aliphatic carbocycles. The van der Waals surface area contributed by atoms with E-state index in [0.29, 0.717) is 10.2 Å². The second kappa shape index (κ2) is 7.99. The zero-order valence-electron chi connectivity index (χ0n) is 10.5. The molecule has 0 unspecified atom stereocenters. The van der Waals surface area contributed by atoms with Crippen LogP contribution in [0.5, 0.6) is 5.75 Å². The van der Waals surface area contributed by atoms with Crippen LogP contribution in [-0.2, 0) is 14.4 Å². The highest BCUT2D eigenvalue weighted by Crippen LogP contribution is 2.28. The number of nitrogens with one attached hydrogen (secondary N) is 1. The number of carboxylic acid groups (broad SMARTS) is 2. The van der Waals surface area contributed by atoms with E-state index in [1.807, 2.05) is 0 Å². The summed E-state index contributed by atoms with van der Waals surface area (Å²) in [5.74, 6) is -3.06. The van der Waals surface area contributed by atoms with Gasteiger partial charge in [-0.3, -0.25) is 9.59 Å². The Balaban J connectivity index is 2.56.